The molecule has 4 aromatic rings. The fourth-order valence-electron chi connectivity index (χ4n) is 3.57. The number of hydrogen-bond donors (Lipinski definition) is 1. The summed E-state index contributed by atoms with van der Waals surface area (Å²) >= 11 is 1.71. The Kier molecular flexibility index (Phi) is 5.41. The average Bonchev–Trinajstić information content (AvgIpc) is 3.25. The minimum Gasteiger partial charge on any atom is -0.497 e. The highest BCUT2D eigenvalue weighted by Crippen LogP contribution is 2.30. The summed E-state index contributed by atoms with van der Waals surface area (Å²) in [5.41, 5.74) is 3.95. The van der Waals surface area contributed by atoms with Crippen LogP contribution >= 0.6 is 11.3 Å². The second kappa shape index (κ2) is 8.13. The van der Waals surface area contributed by atoms with Gasteiger partial charge in [-0.15, -0.1) is 11.3 Å². The van der Waals surface area contributed by atoms with Gasteiger partial charge < -0.3 is 14.6 Å². The van der Waals surface area contributed by atoms with Crippen LogP contribution in [0.2, 0.25) is 0 Å². The van der Waals surface area contributed by atoms with E-state index in [1.54, 1.807) is 18.4 Å². The molecule has 5 heteroatoms. The molecule has 0 saturated heterocycles. The summed E-state index contributed by atoms with van der Waals surface area (Å²) in [6.07, 6.45) is 0. The first-order valence-corrected chi connectivity index (χ1v) is 10.4. The van der Waals surface area contributed by atoms with Crippen molar-refractivity contribution in [2.45, 2.75) is 26.4 Å². The summed E-state index contributed by atoms with van der Waals surface area (Å²) in [5, 5.41) is 3.15. The number of rotatable bonds is 6. The zero-order valence-electron chi connectivity index (χ0n) is 16.8. The second-order valence-electron chi connectivity index (χ2n) is 7.18. The van der Waals surface area contributed by atoms with Crippen molar-refractivity contribution in [2.24, 2.45) is 0 Å². The molecule has 0 spiro atoms. The molecule has 4 nitrogen and oxygen atoms in total. The molecule has 0 saturated carbocycles. The molecule has 0 bridgehead atoms. The van der Waals surface area contributed by atoms with E-state index >= 15 is 0 Å². The van der Waals surface area contributed by atoms with E-state index in [2.05, 4.69) is 28.9 Å². The van der Waals surface area contributed by atoms with Gasteiger partial charge in [0.2, 0.25) is 0 Å². The minimum atomic E-state index is -0.0661. The Labute approximate surface area is 174 Å². The smallest absolute Gasteiger partial charge is 0.268 e. The van der Waals surface area contributed by atoms with E-state index in [4.69, 9.17) is 4.74 Å². The highest BCUT2D eigenvalue weighted by Gasteiger charge is 2.19. The van der Waals surface area contributed by atoms with Gasteiger partial charge in [0.15, 0.2) is 0 Å². The molecular formula is C24H24N2O2S. The summed E-state index contributed by atoms with van der Waals surface area (Å²) < 4.78 is 8.58. The van der Waals surface area contributed by atoms with Gasteiger partial charge in [-0.2, -0.15) is 0 Å². The summed E-state index contributed by atoms with van der Waals surface area (Å²) in [4.78, 5) is 14.4. The molecular weight excluding hydrogens is 380 g/mol. The fourth-order valence-corrected chi connectivity index (χ4v) is 4.53. The predicted octanol–water partition coefficient (Wildman–Crippen LogP) is 5.56. The van der Waals surface area contributed by atoms with Crippen LogP contribution in [0.15, 0.2) is 66.7 Å². The summed E-state index contributed by atoms with van der Waals surface area (Å²) in [5.74, 6) is 0.751. The predicted molar refractivity (Wildman–Crippen MR) is 119 cm³/mol. The van der Waals surface area contributed by atoms with Gasteiger partial charge in [0.25, 0.3) is 5.91 Å². The lowest BCUT2D eigenvalue weighted by molar-refractivity contribution is 0.0931. The van der Waals surface area contributed by atoms with E-state index in [1.165, 1.54) is 4.88 Å². The lowest BCUT2D eigenvalue weighted by Gasteiger charge is -2.16. The number of nitrogens with zero attached hydrogens (tertiary/aromatic N) is 1. The third kappa shape index (κ3) is 4.05. The molecule has 148 valence electrons. The molecule has 2 heterocycles. The number of nitrogens with one attached hydrogen (secondary N) is 1. The van der Waals surface area contributed by atoms with Crippen LogP contribution < -0.4 is 10.1 Å². The van der Waals surface area contributed by atoms with Crippen molar-refractivity contribution in [3.8, 4) is 5.75 Å². The van der Waals surface area contributed by atoms with Crippen molar-refractivity contribution in [3.05, 3.63) is 88.4 Å². The quantitative estimate of drug-likeness (QED) is 0.457. The number of carbonyl (C=O) groups is 1. The van der Waals surface area contributed by atoms with Crippen molar-refractivity contribution in [1.29, 1.82) is 0 Å². The Bertz CT molecular complexity index is 1140. The fraction of sp³-hybridized carbons (Fsp3) is 0.208. The van der Waals surface area contributed by atoms with E-state index in [0.29, 0.717) is 12.2 Å². The molecule has 0 aliphatic rings. The van der Waals surface area contributed by atoms with Crippen molar-refractivity contribution < 1.29 is 9.53 Å². The van der Waals surface area contributed by atoms with E-state index in [0.717, 1.165) is 27.1 Å². The molecule has 1 unspecified atom stereocenters. The van der Waals surface area contributed by atoms with E-state index < -0.39 is 0 Å². The van der Waals surface area contributed by atoms with Crippen LogP contribution in [-0.2, 0) is 6.54 Å². The number of hydrogen-bond acceptors (Lipinski definition) is 3. The number of carbonyl (C=O) groups excluding carboxylic acids is 1. The zero-order valence-corrected chi connectivity index (χ0v) is 17.6. The second-order valence-corrected chi connectivity index (χ2v) is 8.47. The van der Waals surface area contributed by atoms with Crippen LogP contribution in [-0.4, -0.2) is 17.6 Å². The number of ether oxygens (including phenoxy) is 1. The molecule has 1 amide bonds. The highest BCUT2D eigenvalue weighted by atomic mass is 32.1. The Hall–Kier alpha value is -3.05. The normalized spacial score (nSPS) is 12.1. The Balaban J connectivity index is 1.67. The number of methoxy groups -OCH3 is 1. The number of thiophene rings is 1. The molecule has 29 heavy (non-hydrogen) atoms. The highest BCUT2D eigenvalue weighted by molar-refractivity contribution is 7.19. The van der Waals surface area contributed by atoms with Crippen molar-refractivity contribution in [2.75, 3.05) is 7.11 Å². The van der Waals surface area contributed by atoms with Crippen LogP contribution in [0.5, 0.6) is 5.75 Å². The number of fused-ring (bicyclic) bond motifs is 1. The van der Waals surface area contributed by atoms with Gasteiger partial charge in [-0.3, -0.25) is 4.79 Å². The minimum absolute atomic E-state index is 0.0645. The average molecular weight is 405 g/mol. The van der Waals surface area contributed by atoms with Crippen LogP contribution in [0.25, 0.3) is 10.2 Å². The van der Waals surface area contributed by atoms with Gasteiger partial charge in [0, 0.05) is 11.4 Å². The Morgan fingerprint density at radius 3 is 2.66 bits per heavy atom. The maximum absolute atomic E-state index is 13.2. The molecule has 2 aromatic heterocycles. The van der Waals surface area contributed by atoms with Crippen LogP contribution in [0.3, 0.4) is 0 Å². The largest absolute Gasteiger partial charge is 0.497 e. The zero-order chi connectivity index (χ0) is 20.4. The lowest BCUT2D eigenvalue weighted by Crippen LogP contribution is -2.28. The maximum atomic E-state index is 13.2. The molecule has 1 atom stereocenters. The van der Waals surface area contributed by atoms with Gasteiger partial charge in [0.05, 0.1) is 23.4 Å². The molecule has 2 aromatic carbocycles. The number of aryl methyl sites for hydroxylation is 1. The van der Waals surface area contributed by atoms with Gasteiger partial charge in [-0.1, -0.05) is 42.5 Å². The monoisotopic (exact) mass is 404 g/mol. The molecule has 0 aliphatic carbocycles. The summed E-state index contributed by atoms with van der Waals surface area (Å²) in [7, 11) is 1.67. The first kappa shape index (κ1) is 19.3. The Morgan fingerprint density at radius 2 is 1.90 bits per heavy atom. The van der Waals surface area contributed by atoms with Gasteiger partial charge in [-0.05, 0) is 49.2 Å². The molecule has 1 N–H and O–H groups in total. The first-order chi connectivity index (χ1) is 14.0. The third-order valence-corrected chi connectivity index (χ3v) is 6.05. The molecule has 4 rings (SSSR count). The van der Waals surface area contributed by atoms with Gasteiger partial charge in [-0.25, -0.2) is 0 Å². The van der Waals surface area contributed by atoms with E-state index in [-0.39, 0.29) is 11.9 Å². The molecule has 0 radical (unpaired) electrons. The number of benzene rings is 2. The van der Waals surface area contributed by atoms with E-state index in [1.807, 2.05) is 61.5 Å². The van der Waals surface area contributed by atoms with Crippen molar-refractivity contribution in [3.63, 3.8) is 0 Å². The number of amides is 1. The van der Waals surface area contributed by atoms with Crippen molar-refractivity contribution >= 4 is 27.5 Å². The third-order valence-electron chi connectivity index (χ3n) is 5.07. The topological polar surface area (TPSA) is 43.3 Å². The summed E-state index contributed by atoms with van der Waals surface area (Å²) in [6, 6.07) is 22.1. The van der Waals surface area contributed by atoms with Crippen molar-refractivity contribution in [1.82, 2.24) is 9.88 Å². The Morgan fingerprint density at radius 1 is 1.10 bits per heavy atom. The molecule has 0 fully saturated rings. The first-order valence-electron chi connectivity index (χ1n) is 9.63. The van der Waals surface area contributed by atoms with Crippen LogP contribution in [0.4, 0.5) is 0 Å². The number of aromatic nitrogens is 1. The van der Waals surface area contributed by atoms with Crippen LogP contribution in [0.1, 0.15) is 39.5 Å². The lowest BCUT2D eigenvalue weighted by atomic mass is 10.1. The standard InChI is InChI=1S/C24H24N2O2S/c1-16-12-21-23(29-16)14-22(24(27)25-17(2)19-9-5-4-6-10-19)26(21)15-18-8-7-11-20(13-18)28-3/h4-14,17H,15H2,1-3H3,(H,25,27). The van der Waals surface area contributed by atoms with Crippen LogP contribution in [0, 0.1) is 6.92 Å². The van der Waals surface area contributed by atoms with Gasteiger partial charge in [0.1, 0.15) is 11.4 Å². The van der Waals surface area contributed by atoms with E-state index in [9.17, 15) is 4.79 Å². The summed E-state index contributed by atoms with van der Waals surface area (Å²) in [6.45, 7) is 4.71. The maximum Gasteiger partial charge on any atom is 0.268 e. The SMILES string of the molecule is COc1cccc(Cn2c(C(=O)NC(C)c3ccccc3)cc3sc(C)cc32)c1. The molecule has 0 aliphatic heterocycles. The van der Waals surface area contributed by atoms with Gasteiger partial charge >= 0.3 is 0 Å².